The van der Waals surface area contributed by atoms with Crippen molar-refractivity contribution in [3.05, 3.63) is 98.2 Å². The summed E-state index contributed by atoms with van der Waals surface area (Å²) >= 11 is 0. The molecule has 29 heavy (non-hydrogen) atoms. The first-order chi connectivity index (χ1) is 14.4. The molecule has 0 unspecified atom stereocenters. The second-order valence-electron chi connectivity index (χ2n) is 6.87. The fourth-order valence-corrected chi connectivity index (χ4v) is 3.89. The van der Waals surface area contributed by atoms with Gasteiger partial charge in [0.2, 0.25) is 0 Å². The molecule has 6 heteroatoms. The van der Waals surface area contributed by atoms with Gasteiger partial charge >= 0.3 is 0 Å². The van der Waals surface area contributed by atoms with Crippen molar-refractivity contribution < 1.29 is 0 Å². The average Bonchev–Trinajstić information content (AvgIpc) is 3.54. The highest BCUT2D eigenvalue weighted by atomic mass is 15.1. The molecule has 0 bridgehead atoms. The van der Waals surface area contributed by atoms with Gasteiger partial charge in [0.15, 0.2) is 0 Å². The molecule has 0 aliphatic heterocycles. The maximum Gasteiger partial charge on any atom is 0.0991 e. The van der Waals surface area contributed by atoms with Crippen molar-refractivity contribution in [1.29, 1.82) is 0 Å². The van der Waals surface area contributed by atoms with E-state index in [2.05, 4.69) is 68.0 Å². The van der Waals surface area contributed by atoms with E-state index in [1.54, 1.807) is 12.4 Å². The molecule has 2 aromatic carbocycles. The first-order valence-electron chi connectivity index (χ1n) is 9.35. The standard InChI is InChI=1S/C23H16N6/c1-2-5-21-20(4-1)23-22(6-3-7-26-23)29(21)19-13-17(27-10-8-24-15-27)12-18(14-19)28-11-9-25-16-28/h1-16H. The van der Waals surface area contributed by atoms with Gasteiger partial charge < -0.3 is 13.7 Å². The summed E-state index contributed by atoms with van der Waals surface area (Å²) < 4.78 is 6.28. The minimum atomic E-state index is 1.00. The van der Waals surface area contributed by atoms with Crippen molar-refractivity contribution in [1.82, 2.24) is 28.7 Å². The highest BCUT2D eigenvalue weighted by Gasteiger charge is 2.14. The summed E-state index contributed by atoms with van der Waals surface area (Å²) in [5.74, 6) is 0. The summed E-state index contributed by atoms with van der Waals surface area (Å²) in [4.78, 5) is 13.1. The van der Waals surface area contributed by atoms with E-state index in [9.17, 15) is 0 Å². The van der Waals surface area contributed by atoms with Gasteiger partial charge in [0.1, 0.15) is 0 Å². The number of pyridine rings is 1. The Morgan fingerprint density at radius 2 is 1.28 bits per heavy atom. The molecule has 0 radical (unpaired) electrons. The Morgan fingerprint density at radius 1 is 0.621 bits per heavy atom. The van der Waals surface area contributed by atoms with Gasteiger partial charge in [-0.1, -0.05) is 18.2 Å². The number of nitrogens with zero attached hydrogens (tertiary/aromatic N) is 6. The van der Waals surface area contributed by atoms with Crippen LogP contribution >= 0.6 is 0 Å². The molecule has 0 spiro atoms. The second-order valence-corrected chi connectivity index (χ2v) is 6.87. The number of fused-ring (bicyclic) bond motifs is 3. The zero-order valence-corrected chi connectivity index (χ0v) is 15.4. The number of hydrogen-bond donors (Lipinski definition) is 0. The fraction of sp³-hybridized carbons (Fsp3) is 0. The summed E-state index contributed by atoms with van der Waals surface area (Å²) in [6.07, 6.45) is 12.9. The van der Waals surface area contributed by atoms with Crippen molar-refractivity contribution in [2.24, 2.45) is 0 Å². The maximum absolute atomic E-state index is 4.65. The van der Waals surface area contributed by atoms with E-state index >= 15 is 0 Å². The van der Waals surface area contributed by atoms with E-state index < -0.39 is 0 Å². The molecular weight excluding hydrogens is 360 g/mol. The molecule has 0 N–H and O–H groups in total. The lowest BCUT2D eigenvalue weighted by atomic mass is 10.2. The van der Waals surface area contributed by atoms with Crippen LogP contribution < -0.4 is 0 Å². The van der Waals surface area contributed by atoms with Crippen LogP contribution in [0.1, 0.15) is 0 Å². The molecule has 6 rings (SSSR count). The third-order valence-electron chi connectivity index (χ3n) is 5.18. The smallest absolute Gasteiger partial charge is 0.0991 e. The lowest BCUT2D eigenvalue weighted by Gasteiger charge is -2.14. The maximum atomic E-state index is 4.65. The van der Waals surface area contributed by atoms with Crippen LogP contribution in [0.2, 0.25) is 0 Å². The minimum absolute atomic E-state index is 1.00. The van der Waals surface area contributed by atoms with E-state index in [4.69, 9.17) is 0 Å². The van der Waals surface area contributed by atoms with E-state index in [0.717, 1.165) is 39.0 Å². The van der Waals surface area contributed by atoms with Gasteiger partial charge in [0.25, 0.3) is 0 Å². The topological polar surface area (TPSA) is 53.5 Å². The van der Waals surface area contributed by atoms with Crippen LogP contribution in [0.15, 0.2) is 98.2 Å². The Balaban J connectivity index is 1.71. The summed E-state index contributed by atoms with van der Waals surface area (Å²) in [5, 5.41) is 1.14. The van der Waals surface area contributed by atoms with E-state index in [-0.39, 0.29) is 0 Å². The number of para-hydroxylation sites is 1. The van der Waals surface area contributed by atoms with Crippen LogP contribution in [0.3, 0.4) is 0 Å². The molecule has 138 valence electrons. The van der Waals surface area contributed by atoms with Gasteiger partial charge in [0, 0.05) is 36.4 Å². The number of rotatable bonds is 3. The lowest BCUT2D eigenvalue weighted by molar-refractivity contribution is 1.01. The zero-order chi connectivity index (χ0) is 19.2. The molecule has 0 aliphatic rings. The third kappa shape index (κ3) is 2.46. The molecule has 0 saturated heterocycles. The Hall–Kier alpha value is -4.19. The van der Waals surface area contributed by atoms with Gasteiger partial charge in [-0.25, -0.2) is 9.97 Å². The molecule has 6 nitrogen and oxygen atoms in total. The van der Waals surface area contributed by atoms with Crippen LogP contribution in [-0.2, 0) is 0 Å². The van der Waals surface area contributed by atoms with Crippen molar-refractivity contribution in [2.75, 3.05) is 0 Å². The van der Waals surface area contributed by atoms with Crippen LogP contribution in [0.4, 0.5) is 0 Å². The number of imidazole rings is 2. The molecule has 0 aliphatic carbocycles. The molecule has 4 heterocycles. The molecule has 0 saturated carbocycles. The van der Waals surface area contributed by atoms with Crippen molar-refractivity contribution in [3.8, 4) is 17.1 Å². The Bertz CT molecular complexity index is 1340. The predicted molar refractivity (Wildman–Crippen MR) is 113 cm³/mol. The number of benzene rings is 2. The molecule has 0 amide bonds. The van der Waals surface area contributed by atoms with Crippen LogP contribution in [0, 0.1) is 0 Å². The Labute approximate surface area is 166 Å². The first kappa shape index (κ1) is 15.8. The van der Waals surface area contributed by atoms with E-state index in [0.29, 0.717) is 0 Å². The molecule has 0 fully saturated rings. The Morgan fingerprint density at radius 3 is 1.97 bits per heavy atom. The third-order valence-corrected chi connectivity index (χ3v) is 5.18. The summed E-state index contributed by atoms with van der Waals surface area (Å²) in [6, 6.07) is 18.9. The van der Waals surface area contributed by atoms with Crippen LogP contribution in [0.25, 0.3) is 39.0 Å². The van der Waals surface area contributed by atoms with Gasteiger partial charge in [-0.2, -0.15) is 0 Å². The van der Waals surface area contributed by atoms with E-state index in [1.165, 1.54) is 0 Å². The summed E-state index contributed by atoms with van der Waals surface area (Å²) in [5.41, 5.74) is 6.31. The van der Waals surface area contributed by atoms with Gasteiger partial charge in [-0.05, 0) is 36.4 Å². The van der Waals surface area contributed by atoms with Crippen molar-refractivity contribution >= 4 is 21.9 Å². The van der Waals surface area contributed by atoms with Gasteiger partial charge in [0.05, 0.1) is 46.3 Å². The van der Waals surface area contributed by atoms with Gasteiger partial charge in [-0.3, -0.25) is 4.98 Å². The van der Waals surface area contributed by atoms with Gasteiger partial charge in [-0.15, -0.1) is 0 Å². The lowest BCUT2D eigenvalue weighted by Crippen LogP contribution is -2.01. The molecule has 4 aromatic heterocycles. The predicted octanol–water partition coefficient (Wildman–Crippen LogP) is 4.55. The first-order valence-corrected chi connectivity index (χ1v) is 9.35. The minimum Gasteiger partial charge on any atom is -0.307 e. The summed E-state index contributed by atoms with van der Waals surface area (Å²) in [7, 11) is 0. The monoisotopic (exact) mass is 376 g/mol. The molecule has 0 atom stereocenters. The summed E-state index contributed by atoms with van der Waals surface area (Å²) in [6.45, 7) is 0. The SMILES string of the molecule is c1ccc2c(c1)c1ncccc1n2-c1cc(-n2ccnc2)cc(-n2ccnc2)c1. The number of hydrogen-bond acceptors (Lipinski definition) is 3. The number of aromatic nitrogens is 6. The normalized spacial score (nSPS) is 11.4. The molecule has 6 aromatic rings. The highest BCUT2D eigenvalue weighted by Crippen LogP contribution is 2.32. The second kappa shape index (κ2) is 6.17. The van der Waals surface area contributed by atoms with Crippen LogP contribution in [-0.4, -0.2) is 28.7 Å². The Kier molecular flexibility index (Phi) is 3.37. The van der Waals surface area contributed by atoms with Crippen molar-refractivity contribution in [2.45, 2.75) is 0 Å². The quantitative estimate of drug-likeness (QED) is 0.455. The average molecular weight is 376 g/mol. The molecular formula is C23H16N6. The van der Waals surface area contributed by atoms with Crippen molar-refractivity contribution in [3.63, 3.8) is 0 Å². The fourth-order valence-electron chi connectivity index (χ4n) is 3.89. The highest BCUT2D eigenvalue weighted by molar-refractivity contribution is 6.06. The zero-order valence-electron chi connectivity index (χ0n) is 15.4. The van der Waals surface area contributed by atoms with E-state index in [1.807, 2.05) is 46.4 Å². The van der Waals surface area contributed by atoms with Crippen LogP contribution in [0.5, 0.6) is 0 Å². The largest absolute Gasteiger partial charge is 0.307 e.